The average Bonchev–Trinajstić information content (AvgIpc) is 2.07. The molecule has 1 heterocycles. The standard InChI is InChI=1S/C8H8N2O2/c1-3-5-10-6-4-7(11)9(2)8(10)12/h1,4,6H,5H2,2H3. The Morgan fingerprint density at radius 1 is 1.58 bits per heavy atom. The van der Waals surface area contributed by atoms with E-state index in [9.17, 15) is 9.59 Å². The Morgan fingerprint density at radius 2 is 2.25 bits per heavy atom. The second-order valence-electron chi connectivity index (χ2n) is 2.33. The normalized spacial score (nSPS) is 9.33. The monoisotopic (exact) mass is 164 g/mol. The van der Waals surface area contributed by atoms with E-state index >= 15 is 0 Å². The topological polar surface area (TPSA) is 44.0 Å². The lowest BCUT2D eigenvalue weighted by Crippen LogP contribution is -2.36. The molecule has 12 heavy (non-hydrogen) atoms. The molecule has 0 aliphatic heterocycles. The molecule has 0 fully saturated rings. The quantitative estimate of drug-likeness (QED) is 0.509. The first kappa shape index (κ1) is 8.34. The minimum Gasteiger partial charge on any atom is -0.289 e. The molecule has 0 radical (unpaired) electrons. The summed E-state index contributed by atoms with van der Waals surface area (Å²) in [5, 5.41) is 0. The molecular formula is C8H8N2O2. The van der Waals surface area contributed by atoms with Crippen LogP contribution in [0.15, 0.2) is 21.9 Å². The lowest BCUT2D eigenvalue weighted by Gasteiger charge is -2.01. The van der Waals surface area contributed by atoms with Gasteiger partial charge in [0.15, 0.2) is 0 Å². The summed E-state index contributed by atoms with van der Waals surface area (Å²) >= 11 is 0. The Hall–Kier alpha value is -1.76. The van der Waals surface area contributed by atoms with Gasteiger partial charge in [-0.2, -0.15) is 0 Å². The van der Waals surface area contributed by atoms with Gasteiger partial charge in [0, 0.05) is 19.3 Å². The fourth-order valence-electron chi connectivity index (χ4n) is 0.835. The van der Waals surface area contributed by atoms with Gasteiger partial charge in [-0.1, -0.05) is 5.92 Å². The summed E-state index contributed by atoms with van der Waals surface area (Å²) < 4.78 is 2.30. The summed E-state index contributed by atoms with van der Waals surface area (Å²) in [4.78, 5) is 22.1. The smallest absolute Gasteiger partial charge is 0.289 e. The van der Waals surface area contributed by atoms with E-state index < -0.39 is 0 Å². The van der Waals surface area contributed by atoms with E-state index in [4.69, 9.17) is 6.42 Å². The molecule has 0 spiro atoms. The van der Waals surface area contributed by atoms with Crippen LogP contribution >= 0.6 is 0 Å². The highest BCUT2D eigenvalue weighted by atomic mass is 16.2. The molecule has 0 saturated heterocycles. The van der Waals surface area contributed by atoms with Crippen LogP contribution in [-0.4, -0.2) is 9.13 Å². The predicted octanol–water partition coefficient (Wildman–Crippen LogP) is -0.820. The van der Waals surface area contributed by atoms with Crippen molar-refractivity contribution in [2.24, 2.45) is 7.05 Å². The van der Waals surface area contributed by atoms with Crippen molar-refractivity contribution in [2.75, 3.05) is 0 Å². The van der Waals surface area contributed by atoms with Gasteiger partial charge >= 0.3 is 5.69 Å². The van der Waals surface area contributed by atoms with E-state index in [1.54, 1.807) is 0 Å². The minimum atomic E-state index is -0.388. The van der Waals surface area contributed by atoms with Crippen molar-refractivity contribution in [1.29, 1.82) is 0 Å². The average molecular weight is 164 g/mol. The molecule has 4 heteroatoms. The van der Waals surface area contributed by atoms with Crippen molar-refractivity contribution >= 4 is 0 Å². The summed E-state index contributed by atoms with van der Waals surface area (Å²) in [5.41, 5.74) is -0.714. The lowest BCUT2D eigenvalue weighted by atomic mass is 10.5. The maximum atomic E-state index is 11.2. The number of nitrogens with zero attached hydrogens (tertiary/aromatic N) is 2. The summed E-state index contributed by atoms with van der Waals surface area (Å²) in [6.07, 6.45) is 6.41. The zero-order valence-electron chi connectivity index (χ0n) is 6.65. The second kappa shape index (κ2) is 3.09. The maximum absolute atomic E-state index is 11.2. The highest BCUT2D eigenvalue weighted by Gasteiger charge is 1.97. The summed E-state index contributed by atoms with van der Waals surface area (Å²) in [7, 11) is 1.41. The molecule has 1 aromatic rings. The maximum Gasteiger partial charge on any atom is 0.331 e. The molecule has 4 nitrogen and oxygen atoms in total. The van der Waals surface area contributed by atoms with Gasteiger partial charge in [0.05, 0.1) is 6.54 Å². The van der Waals surface area contributed by atoms with Crippen molar-refractivity contribution in [3.8, 4) is 12.3 Å². The van der Waals surface area contributed by atoms with Gasteiger partial charge < -0.3 is 0 Å². The summed E-state index contributed by atoms with van der Waals surface area (Å²) in [6.45, 7) is 0.187. The summed E-state index contributed by atoms with van der Waals surface area (Å²) in [5.74, 6) is 2.32. The molecule has 0 saturated carbocycles. The zero-order valence-corrected chi connectivity index (χ0v) is 6.65. The van der Waals surface area contributed by atoms with Gasteiger partial charge in [0.25, 0.3) is 5.56 Å². The Morgan fingerprint density at radius 3 is 2.83 bits per heavy atom. The van der Waals surface area contributed by atoms with Gasteiger partial charge in [-0.3, -0.25) is 13.9 Å². The van der Waals surface area contributed by atoms with Crippen LogP contribution in [-0.2, 0) is 13.6 Å². The number of terminal acetylenes is 1. The Labute approximate surface area is 69.1 Å². The van der Waals surface area contributed by atoms with Crippen LogP contribution in [0.4, 0.5) is 0 Å². The molecule has 0 unspecified atom stereocenters. The van der Waals surface area contributed by atoms with Crippen LogP contribution in [0.3, 0.4) is 0 Å². The van der Waals surface area contributed by atoms with Crippen LogP contribution in [0.25, 0.3) is 0 Å². The first-order valence-electron chi connectivity index (χ1n) is 3.36. The van der Waals surface area contributed by atoms with E-state index in [0.29, 0.717) is 0 Å². The van der Waals surface area contributed by atoms with Gasteiger partial charge in [-0.15, -0.1) is 6.42 Å². The number of aromatic nitrogens is 2. The first-order valence-corrected chi connectivity index (χ1v) is 3.36. The minimum absolute atomic E-state index is 0.187. The van der Waals surface area contributed by atoms with Crippen LogP contribution in [0.5, 0.6) is 0 Å². The molecule has 62 valence electrons. The van der Waals surface area contributed by atoms with Gasteiger partial charge in [-0.05, 0) is 0 Å². The first-order chi connectivity index (χ1) is 5.66. The van der Waals surface area contributed by atoms with E-state index in [-0.39, 0.29) is 17.8 Å². The van der Waals surface area contributed by atoms with Crippen molar-refractivity contribution in [1.82, 2.24) is 9.13 Å². The fraction of sp³-hybridized carbons (Fsp3) is 0.250. The predicted molar refractivity (Wildman–Crippen MR) is 44.8 cm³/mol. The van der Waals surface area contributed by atoms with Crippen LogP contribution < -0.4 is 11.2 Å². The van der Waals surface area contributed by atoms with Gasteiger partial charge in [-0.25, -0.2) is 4.79 Å². The molecule has 0 aliphatic rings. The molecule has 1 rings (SSSR count). The summed E-state index contributed by atoms with van der Waals surface area (Å²) in [6, 6.07) is 1.30. The second-order valence-corrected chi connectivity index (χ2v) is 2.33. The van der Waals surface area contributed by atoms with E-state index in [1.165, 1.54) is 23.9 Å². The number of hydrogen-bond acceptors (Lipinski definition) is 2. The molecule has 0 amide bonds. The molecular weight excluding hydrogens is 156 g/mol. The molecule has 1 aromatic heterocycles. The van der Waals surface area contributed by atoms with Crippen LogP contribution in [0.2, 0.25) is 0 Å². The number of rotatable bonds is 1. The zero-order chi connectivity index (χ0) is 9.14. The SMILES string of the molecule is C#CCn1ccc(=O)n(C)c1=O. The fourth-order valence-corrected chi connectivity index (χ4v) is 0.835. The highest BCUT2D eigenvalue weighted by Crippen LogP contribution is 1.74. The Balaban J connectivity index is 3.39. The Bertz CT molecular complexity index is 434. The van der Waals surface area contributed by atoms with Crippen molar-refractivity contribution in [2.45, 2.75) is 6.54 Å². The third-order valence-corrected chi connectivity index (χ3v) is 1.52. The molecule has 0 aliphatic carbocycles. The van der Waals surface area contributed by atoms with Gasteiger partial charge in [0.1, 0.15) is 0 Å². The third kappa shape index (κ3) is 1.30. The van der Waals surface area contributed by atoms with E-state index in [1.807, 2.05) is 0 Å². The molecule has 0 bridgehead atoms. The molecule has 0 N–H and O–H groups in total. The van der Waals surface area contributed by atoms with Gasteiger partial charge in [0.2, 0.25) is 0 Å². The Kier molecular flexibility index (Phi) is 2.15. The van der Waals surface area contributed by atoms with Crippen molar-refractivity contribution < 1.29 is 0 Å². The number of hydrogen-bond donors (Lipinski definition) is 0. The lowest BCUT2D eigenvalue weighted by molar-refractivity contribution is 0.661. The van der Waals surface area contributed by atoms with E-state index in [0.717, 1.165) is 4.57 Å². The molecule has 0 aromatic carbocycles. The molecule has 0 atom stereocenters. The van der Waals surface area contributed by atoms with E-state index in [2.05, 4.69) is 5.92 Å². The van der Waals surface area contributed by atoms with Crippen molar-refractivity contribution in [3.63, 3.8) is 0 Å². The highest BCUT2D eigenvalue weighted by molar-refractivity contribution is 4.91. The third-order valence-electron chi connectivity index (χ3n) is 1.52. The van der Waals surface area contributed by atoms with Crippen LogP contribution in [0, 0.1) is 12.3 Å². The largest absolute Gasteiger partial charge is 0.331 e. The van der Waals surface area contributed by atoms with Crippen molar-refractivity contribution in [3.05, 3.63) is 33.1 Å². The van der Waals surface area contributed by atoms with Crippen LogP contribution in [0.1, 0.15) is 0 Å².